The molecule has 1 unspecified atom stereocenters. The lowest BCUT2D eigenvalue weighted by atomic mass is 10.0. The van der Waals surface area contributed by atoms with Gasteiger partial charge in [0, 0.05) is 11.2 Å². The second-order valence-electron chi connectivity index (χ2n) is 4.72. The summed E-state index contributed by atoms with van der Waals surface area (Å²) < 4.78 is 17.6. The molecule has 2 rings (SSSR count). The van der Waals surface area contributed by atoms with Crippen molar-refractivity contribution in [2.45, 2.75) is 32.8 Å². The van der Waals surface area contributed by atoms with E-state index in [0.29, 0.717) is 22.3 Å². The third kappa shape index (κ3) is 2.39. The predicted molar refractivity (Wildman–Crippen MR) is 78.9 cm³/mol. The predicted octanol–water partition coefficient (Wildman–Crippen LogP) is 2.74. The Bertz CT molecular complexity index is 746. The van der Waals surface area contributed by atoms with Crippen molar-refractivity contribution >= 4 is 27.9 Å². The average molecular weight is 292 g/mol. The largest absolute Gasteiger partial charge is 0.609 e. The highest BCUT2D eigenvalue weighted by molar-refractivity contribution is 7.91. The molecule has 0 fully saturated rings. The molecule has 0 bridgehead atoms. The van der Waals surface area contributed by atoms with Gasteiger partial charge in [-0.3, -0.25) is 9.59 Å². The Kier molecular flexibility index (Phi) is 4.01. The molecule has 1 aromatic carbocycles. The lowest BCUT2D eigenvalue weighted by Gasteiger charge is -2.11. The number of hydrogen-bond donors (Lipinski definition) is 0. The van der Waals surface area contributed by atoms with Crippen molar-refractivity contribution in [1.82, 2.24) is 0 Å². The smallest absolute Gasteiger partial charge is 0.318 e. The van der Waals surface area contributed by atoms with E-state index >= 15 is 0 Å². The summed E-state index contributed by atoms with van der Waals surface area (Å²) in [5.41, 5.74) is 1.52. The fourth-order valence-electron chi connectivity index (χ4n) is 2.13. The van der Waals surface area contributed by atoms with Crippen molar-refractivity contribution in [3.63, 3.8) is 0 Å². The molecular formula is C15H16O4S. The number of ketones is 1. The molecule has 0 saturated heterocycles. The van der Waals surface area contributed by atoms with Gasteiger partial charge >= 0.3 is 5.09 Å². The zero-order chi connectivity index (χ0) is 15.0. The molecule has 0 aliphatic rings. The Morgan fingerprint density at radius 3 is 2.55 bits per heavy atom. The number of aryl methyl sites for hydroxylation is 1. The van der Waals surface area contributed by atoms with Crippen LogP contribution in [-0.4, -0.2) is 16.1 Å². The summed E-state index contributed by atoms with van der Waals surface area (Å²) in [7, 11) is 0. The van der Waals surface area contributed by atoms with Crippen molar-refractivity contribution in [2.24, 2.45) is 0 Å². The first kappa shape index (κ1) is 14.8. The number of benzene rings is 1. The Labute approximate surface area is 120 Å². The van der Waals surface area contributed by atoms with E-state index in [4.69, 9.17) is 4.42 Å². The molecule has 0 spiro atoms. The van der Waals surface area contributed by atoms with Crippen molar-refractivity contribution in [2.75, 3.05) is 5.75 Å². The third-order valence-corrected chi connectivity index (χ3v) is 4.50. The van der Waals surface area contributed by atoms with Gasteiger partial charge in [0.05, 0.1) is 16.5 Å². The summed E-state index contributed by atoms with van der Waals surface area (Å²) in [6.45, 7) is 6.59. The molecular weight excluding hydrogens is 276 g/mol. The van der Waals surface area contributed by atoms with Gasteiger partial charge in [0.2, 0.25) is 5.43 Å². The summed E-state index contributed by atoms with van der Waals surface area (Å²) >= 11 is -1.37. The molecule has 1 heterocycles. The summed E-state index contributed by atoms with van der Waals surface area (Å²) in [4.78, 5) is 24.1. The zero-order valence-corrected chi connectivity index (χ0v) is 12.7. The average Bonchev–Trinajstić information content (AvgIpc) is 2.41. The van der Waals surface area contributed by atoms with Gasteiger partial charge in [0.15, 0.2) is 11.4 Å². The van der Waals surface area contributed by atoms with E-state index in [0.717, 1.165) is 5.56 Å². The van der Waals surface area contributed by atoms with Crippen LogP contribution in [0, 0.1) is 13.8 Å². The first-order chi connectivity index (χ1) is 9.36. The standard InChI is InChI=1S/C15H16O4S/c1-5-20(18)15-9(3)13(17)12-7-8(2)6-11(10(4)16)14(12)19-15/h6-7H,5H2,1-4H3. The Morgan fingerprint density at radius 2 is 2.00 bits per heavy atom. The van der Waals surface area contributed by atoms with Crippen LogP contribution in [0.3, 0.4) is 0 Å². The molecule has 0 aliphatic carbocycles. The van der Waals surface area contributed by atoms with Crippen LogP contribution in [0.15, 0.2) is 26.4 Å². The van der Waals surface area contributed by atoms with Crippen LogP contribution in [0.25, 0.3) is 11.0 Å². The second-order valence-corrected chi connectivity index (χ2v) is 6.36. The van der Waals surface area contributed by atoms with E-state index in [2.05, 4.69) is 0 Å². The maximum atomic E-state index is 12.4. The number of hydrogen-bond acceptors (Lipinski definition) is 4. The summed E-state index contributed by atoms with van der Waals surface area (Å²) in [5.74, 6) is 0.176. The minimum atomic E-state index is -1.37. The highest BCUT2D eigenvalue weighted by atomic mass is 32.2. The van der Waals surface area contributed by atoms with Crippen molar-refractivity contribution < 1.29 is 13.8 Å². The highest BCUT2D eigenvalue weighted by Crippen LogP contribution is 2.25. The molecule has 0 radical (unpaired) electrons. The zero-order valence-electron chi connectivity index (χ0n) is 11.9. The van der Waals surface area contributed by atoms with Crippen molar-refractivity contribution in [3.8, 4) is 0 Å². The maximum absolute atomic E-state index is 12.4. The molecule has 0 N–H and O–H groups in total. The van der Waals surface area contributed by atoms with Gasteiger partial charge in [-0.2, -0.15) is 0 Å². The molecule has 4 nitrogen and oxygen atoms in total. The van der Waals surface area contributed by atoms with Gasteiger partial charge in [-0.1, -0.05) is 0 Å². The number of Topliss-reactive ketones (excluding diaryl/α,β-unsaturated/α-hetero) is 1. The summed E-state index contributed by atoms with van der Waals surface area (Å²) in [5, 5.41) is 0.529. The van der Waals surface area contributed by atoms with Crippen LogP contribution in [0.4, 0.5) is 0 Å². The topological polar surface area (TPSA) is 70.3 Å². The monoisotopic (exact) mass is 292 g/mol. The molecule has 106 valence electrons. The van der Waals surface area contributed by atoms with Gasteiger partial charge in [0.1, 0.15) is 5.75 Å². The fraction of sp³-hybridized carbons (Fsp3) is 0.333. The number of fused-ring (bicyclic) bond motifs is 1. The second kappa shape index (κ2) is 5.42. The van der Waals surface area contributed by atoms with Gasteiger partial charge in [-0.15, -0.1) is 0 Å². The van der Waals surface area contributed by atoms with Crippen LogP contribution in [0.1, 0.15) is 35.3 Å². The Hall–Kier alpha value is -1.59. The fourth-order valence-corrected chi connectivity index (χ4v) is 3.00. The molecule has 0 saturated carbocycles. The van der Waals surface area contributed by atoms with Gasteiger partial charge in [-0.05, 0) is 45.4 Å². The minimum absolute atomic E-state index is 0.163. The maximum Gasteiger partial charge on any atom is 0.318 e. The molecule has 20 heavy (non-hydrogen) atoms. The van der Waals surface area contributed by atoms with E-state index < -0.39 is 11.2 Å². The van der Waals surface area contributed by atoms with Crippen LogP contribution < -0.4 is 5.43 Å². The molecule has 5 heteroatoms. The SMILES string of the molecule is CC[S+]([O-])c1oc2c(C(C)=O)cc(C)cc2c(=O)c1C. The van der Waals surface area contributed by atoms with E-state index in [1.54, 1.807) is 26.0 Å². The first-order valence-electron chi connectivity index (χ1n) is 6.34. The minimum Gasteiger partial charge on any atom is -0.609 e. The summed E-state index contributed by atoms with van der Waals surface area (Å²) in [6.07, 6.45) is 0. The van der Waals surface area contributed by atoms with Crippen LogP contribution in [-0.2, 0) is 11.2 Å². The molecule has 0 aliphatic heterocycles. The molecule has 2 aromatic rings. The van der Waals surface area contributed by atoms with E-state index in [9.17, 15) is 14.1 Å². The van der Waals surface area contributed by atoms with Gasteiger partial charge in [0.25, 0.3) is 0 Å². The number of carbonyl (C=O) groups excluding carboxylic acids is 1. The quantitative estimate of drug-likeness (QED) is 0.644. The Balaban J connectivity index is 2.95. The summed E-state index contributed by atoms with van der Waals surface area (Å²) in [6, 6.07) is 3.38. The van der Waals surface area contributed by atoms with Crippen LogP contribution >= 0.6 is 0 Å². The van der Waals surface area contributed by atoms with E-state index in [1.165, 1.54) is 6.92 Å². The Morgan fingerprint density at radius 1 is 1.35 bits per heavy atom. The number of carbonyl (C=O) groups is 1. The highest BCUT2D eigenvalue weighted by Gasteiger charge is 2.22. The lowest BCUT2D eigenvalue weighted by Crippen LogP contribution is -2.15. The molecule has 1 aromatic heterocycles. The van der Waals surface area contributed by atoms with Crippen LogP contribution in [0.5, 0.6) is 0 Å². The van der Waals surface area contributed by atoms with Gasteiger partial charge in [-0.25, -0.2) is 0 Å². The van der Waals surface area contributed by atoms with Gasteiger partial charge < -0.3 is 8.97 Å². The van der Waals surface area contributed by atoms with Crippen molar-refractivity contribution in [3.05, 3.63) is 39.0 Å². The third-order valence-electron chi connectivity index (χ3n) is 3.17. The normalized spacial score (nSPS) is 12.7. The number of rotatable bonds is 3. The van der Waals surface area contributed by atoms with E-state index in [-0.39, 0.29) is 21.9 Å². The molecule has 1 atom stereocenters. The van der Waals surface area contributed by atoms with Crippen molar-refractivity contribution in [1.29, 1.82) is 0 Å². The lowest BCUT2D eigenvalue weighted by molar-refractivity contribution is 0.101. The van der Waals surface area contributed by atoms with Crippen LogP contribution in [0.2, 0.25) is 0 Å². The molecule has 0 amide bonds. The van der Waals surface area contributed by atoms with E-state index in [1.807, 2.05) is 6.92 Å². The first-order valence-corrected chi connectivity index (χ1v) is 7.66.